The second kappa shape index (κ2) is 6.97. The summed E-state index contributed by atoms with van der Waals surface area (Å²) in [7, 11) is 1.45. The predicted molar refractivity (Wildman–Crippen MR) is 78.0 cm³/mol. The highest BCUT2D eigenvalue weighted by molar-refractivity contribution is 5.88. The van der Waals surface area contributed by atoms with Gasteiger partial charge >= 0.3 is 5.97 Å². The smallest absolute Gasteiger partial charge is 0.335 e. The molecule has 0 bridgehead atoms. The Balaban J connectivity index is 2.76. The van der Waals surface area contributed by atoms with E-state index in [1.165, 1.54) is 25.3 Å². The van der Waals surface area contributed by atoms with E-state index < -0.39 is 5.97 Å². The number of carboxylic acids is 1. The number of hydrogen-bond donors (Lipinski definition) is 2. The summed E-state index contributed by atoms with van der Waals surface area (Å²) in [4.78, 5) is 22.8. The van der Waals surface area contributed by atoms with Gasteiger partial charge in [-0.3, -0.25) is 4.79 Å². The number of benzene rings is 1. The molecule has 0 heterocycles. The van der Waals surface area contributed by atoms with Crippen LogP contribution in [-0.2, 0) is 4.79 Å². The molecule has 6 nitrogen and oxygen atoms in total. The van der Waals surface area contributed by atoms with Gasteiger partial charge in [0.1, 0.15) is 0 Å². The van der Waals surface area contributed by atoms with Crippen molar-refractivity contribution in [3.63, 3.8) is 0 Å². The van der Waals surface area contributed by atoms with E-state index >= 15 is 0 Å². The molecule has 1 aromatic carbocycles. The fourth-order valence-electron chi connectivity index (χ4n) is 1.57. The molecular weight excluding hydrogens is 274 g/mol. The van der Waals surface area contributed by atoms with Crippen molar-refractivity contribution in [2.75, 3.05) is 13.7 Å². The van der Waals surface area contributed by atoms with Crippen LogP contribution < -0.4 is 14.8 Å². The molecule has 1 rings (SSSR count). The Bertz CT molecular complexity index is 525. The zero-order valence-electron chi connectivity index (χ0n) is 12.7. The first-order valence-corrected chi connectivity index (χ1v) is 6.64. The molecule has 0 aromatic heterocycles. The van der Waals surface area contributed by atoms with Crippen molar-refractivity contribution in [2.45, 2.75) is 32.7 Å². The Labute approximate surface area is 124 Å². The quantitative estimate of drug-likeness (QED) is 0.804. The summed E-state index contributed by atoms with van der Waals surface area (Å²) in [5.41, 5.74) is -0.243. The molecule has 6 heteroatoms. The topological polar surface area (TPSA) is 84.9 Å². The molecule has 0 radical (unpaired) electrons. The van der Waals surface area contributed by atoms with Gasteiger partial charge in [0.25, 0.3) is 5.91 Å². The fourth-order valence-corrected chi connectivity index (χ4v) is 1.57. The number of rotatable bonds is 7. The first kappa shape index (κ1) is 16.8. The number of ether oxygens (including phenoxy) is 2. The van der Waals surface area contributed by atoms with E-state index in [2.05, 4.69) is 5.32 Å². The number of carbonyl (C=O) groups excluding carboxylic acids is 1. The summed E-state index contributed by atoms with van der Waals surface area (Å²) < 4.78 is 10.5. The minimum atomic E-state index is -1.07. The van der Waals surface area contributed by atoms with Crippen LogP contribution in [0.1, 0.15) is 37.6 Å². The summed E-state index contributed by atoms with van der Waals surface area (Å²) >= 11 is 0. The van der Waals surface area contributed by atoms with Gasteiger partial charge in [-0.15, -0.1) is 0 Å². The Morgan fingerprint density at radius 3 is 2.48 bits per heavy atom. The number of amides is 1. The van der Waals surface area contributed by atoms with Crippen LogP contribution in [-0.4, -0.2) is 36.2 Å². The molecule has 0 unspecified atom stereocenters. The van der Waals surface area contributed by atoms with Crippen LogP contribution in [0.5, 0.6) is 11.5 Å². The third-order valence-corrected chi connectivity index (χ3v) is 3.13. The number of nitrogens with one attached hydrogen (secondary N) is 1. The van der Waals surface area contributed by atoms with Gasteiger partial charge < -0.3 is 19.9 Å². The van der Waals surface area contributed by atoms with Gasteiger partial charge in [-0.2, -0.15) is 0 Å². The van der Waals surface area contributed by atoms with Gasteiger partial charge in [0.2, 0.25) is 0 Å². The van der Waals surface area contributed by atoms with Crippen molar-refractivity contribution in [1.82, 2.24) is 5.32 Å². The molecule has 0 spiro atoms. The molecule has 21 heavy (non-hydrogen) atoms. The lowest BCUT2D eigenvalue weighted by Crippen LogP contribution is -2.44. The maximum Gasteiger partial charge on any atom is 0.335 e. The van der Waals surface area contributed by atoms with Gasteiger partial charge in [0.05, 0.1) is 12.7 Å². The monoisotopic (exact) mass is 295 g/mol. The lowest BCUT2D eigenvalue weighted by molar-refractivity contribution is -0.124. The summed E-state index contributed by atoms with van der Waals surface area (Å²) in [5, 5.41) is 11.8. The maximum absolute atomic E-state index is 11.8. The molecule has 1 amide bonds. The van der Waals surface area contributed by atoms with E-state index in [9.17, 15) is 9.59 Å². The minimum Gasteiger partial charge on any atom is -0.493 e. The summed E-state index contributed by atoms with van der Waals surface area (Å²) in [5.74, 6) is -0.742. The molecular formula is C15H21NO5. The van der Waals surface area contributed by atoms with Crippen molar-refractivity contribution in [1.29, 1.82) is 0 Å². The Hall–Kier alpha value is -2.24. The highest BCUT2D eigenvalue weighted by Crippen LogP contribution is 2.28. The zero-order valence-corrected chi connectivity index (χ0v) is 12.7. The second-order valence-electron chi connectivity index (χ2n) is 5.25. The van der Waals surface area contributed by atoms with Gasteiger partial charge in [0.15, 0.2) is 18.1 Å². The lowest BCUT2D eigenvalue weighted by atomic mass is 10.0. The molecule has 2 N–H and O–H groups in total. The Morgan fingerprint density at radius 1 is 1.29 bits per heavy atom. The van der Waals surface area contributed by atoms with Crippen molar-refractivity contribution in [2.24, 2.45) is 0 Å². The normalized spacial score (nSPS) is 10.9. The Kier molecular flexibility index (Phi) is 5.58. The van der Waals surface area contributed by atoms with Gasteiger partial charge in [-0.25, -0.2) is 4.79 Å². The van der Waals surface area contributed by atoms with Gasteiger partial charge in [-0.05, 0) is 38.5 Å². The molecule has 0 saturated heterocycles. The molecule has 0 aliphatic rings. The second-order valence-corrected chi connectivity index (χ2v) is 5.25. The lowest BCUT2D eigenvalue weighted by Gasteiger charge is -2.24. The van der Waals surface area contributed by atoms with Crippen LogP contribution >= 0.6 is 0 Å². The van der Waals surface area contributed by atoms with Crippen LogP contribution in [0.2, 0.25) is 0 Å². The third-order valence-electron chi connectivity index (χ3n) is 3.13. The van der Waals surface area contributed by atoms with E-state index in [0.29, 0.717) is 5.75 Å². The first-order valence-electron chi connectivity index (χ1n) is 6.64. The fraction of sp³-hybridized carbons (Fsp3) is 0.467. The predicted octanol–water partition coefficient (Wildman–Crippen LogP) is 2.08. The summed E-state index contributed by atoms with van der Waals surface area (Å²) in [6.45, 7) is 5.59. The molecule has 116 valence electrons. The minimum absolute atomic E-state index is 0.0695. The van der Waals surface area contributed by atoms with E-state index in [0.717, 1.165) is 6.42 Å². The van der Waals surface area contributed by atoms with Crippen molar-refractivity contribution < 1.29 is 24.2 Å². The average Bonchev–Trinajstić information content (AvgIpc) is 2.44. The average molecular weight is 295 g/mol. The number of aromatic carboxylic acids is 1. The summed E-state index contributed by atoms with van der Waals surface area (Å²) in [6.07, 6.45) is 0.788. The zero-order chi connectivity index (χ0) is 16.0. The van der Waals surface area contributed by atoms with Gasteiger partial charge in [-0.1, -0.05) is 6.92 Å². The molecule has 0 aliphatic carbocycles. The van der Waals surface area contributed by atoms with E-state index in [1.54, 1.807) is 0 Å². The van der Waals surface area contributed by atoms with Crippen LogP contribution in [0.25, 0.3) is 0 Å². The largest absolute Gasteiger partial charge is 0.493 e. The molecule has 0 fully saturated rings. The summed E-state index contributed by atoms with van der Waals surface area (Å²) in [6, 6.07) is 4.24. The van der Waals surface area contributed by atoms with Crippen LogP contribution in [0, 0.1) is 0 Å². The molecule has 1 aromatic rings. The van der Waals surface area contributed by atoms with Crippen molar-refractivity contribution in [3.05, 3.63) is 23.8 Å². The Morgan fingerprint density at radius 2 is 1.95 bits per heavy atom. The van der Waals surface area contributed by atoms with Gasteiger partial charge in [0, 0.05) is 5.54 Å². The number of carboxylic acid groups (broad SMARTS) is 1. The number of carbonyl (C=O) groups is 2. The molecule has 0 atom stereocenters. The van der Waals surface area contributed by atoms with E-state index in [4.69, 9.17) is 14.6 Å². The van der Waals surface area contributed by atoms with Crippen molar-refractivity contribution in [3.8, 4) is 11.5 Å². The van der Waals surface area contributed by atoms with E-state index in [1.807, 2.05) is 20.8 Å². The maximum atomic E-state index is 11.8. The van der Waals surface area contributed by atoms with Crippen LogP contribution in [0.4, 0.5) is 0 Å². The first-order chi connectivity index (χ1) is 9.79. The van der Waals surface area contributed by atoms with Crippen LogP contribution in [0.3, 0.4) is 0 Å². The number of methoxy groups -OCH3 is 1. The standard InChI is InChI=1S/C15H21NO5/c1-5-15(2,3)16-13(17)9-21-12-8-10(14(18)19)6-7-11(12)20-4/h6-8H,5,9H2,1-4H3,(H,16,17)(H,18,19). The molecule has 0 saturated carbocycles. The van der Waals surface area contributed by atoms with Crippen LogP contribution in [0.15, 0.2) is 18.2 Å². The number of hydrogen-bond acceptors (Lipinski definition) is 4. The van der Waals surface area contributed by atoms with Crippen molar-refractivity contribution >= 4 is 11.9 Å². The SMILES string of the molecule is CCC(C)(C)NC(=O)COc1cc(C(=O)O)ccc1OC. The highest BCUT2D eigenvalue weighted by atomic mass is 16.5. The van der Waals surface area contributed by atoms with E-state index in [-0.39, 0.29) is 29.4 Å². The third kappa shape index (κ3) is 4.98. The highest BCUT2D eigenvalue weighted by Gasteiger charge is 2.18. The molecule has 0 aliphatic heterocycles.